The van der Waals surface area contributed by atoms with Crippen molar-refractivity contribution < 1.29 is 9.53 Å². The van der Waals surface area contributed by atoms with E-state index in [0.29, 0.717) is 18.1 Å². The average Bonchev–Trinajstić information content (AvgIpc) is 2.76. The smallest absolute Gasteiger partial charge is 0.166 e. The number of Topliss-reactive ketones (excluding diaryl/α,β-unsaturated/α-hetero) is 1. The highest BCUT2D eigenvalue weighted by molar-refractivity contribution is 6.01. The quantitative estimate of drug-likeness (QED) is 0.777. The molecule has 94 valence electrons. The van der Waals surface area contributed by atoms with E-state index in [2.05, 4.69) is 5.10 Å². The first-order valence-electron chi connectivity index (χ1n) is 6.45. The molecule has 0 amide bonds. The molecule has 18 heavy (non-hydrogen) atoms. The van der Waals surface area contributed by atoms with Crippen LogP contribution in [-0.4, -0.2) is 21.5 Å². The first-order chi connectivity index (χ1) is 8.78. The fourth-order valence-corrected chi connectivity index (χ4v) is 2.12. The number of ketones is 1. The maximum atomic E-state index is 11.7. The Bertz CT molecular complexity index is 584. The van der Waals surface area contributed by atoms with E-state index in [1.807, 2.05) is 25.3 Å². The van der Waals surface area contributed by atoms with Crippen molar-refractivity contribution in [3.63, 3.8) is 0 Å². The van der Waals surface area contributed by atoms with Gasteiger partial charge >= 0.3 is 0 Å². The standard InChI is InChI=1S/C14H16N2O2/c1-2-14(17)12-8-15-16-9-11(6-7-13(12)16)18-10-4-3-5-10/h6-10H,2-5H2,1H3. The van der Waals surface area contributed by atoms with Gasteiger partial charge in [0.15, 0.2) is 5.78 Å². The summed E-state index contributed by atoms with van der Waals surface area (Å²) < 4.78 is 7.53. The predicted molar refractivity (Wildman–Crippen MR) is 68.1 cm³/mol. The van der Waals surface area contributed by atoms with Crippen LogP contribution in [0.25, 0.3) is 5.52 Å². The minimum Gasteiger partial charge on any atom is -0.489 e. The van der Waals surface area contributed by atoms with Gasteiger partial charge in [-0.1, -0.05) is 6.92 Å². The van der Waals surface area contributed by atoms with Crippen LogP contribution < -0.4 is 4.74 Å². The van der Waals surface area contributed by atoms with Crippen molar-refractivity contribution in [1.29, 1.82) is 0 Å². The number of hydrogen-bond donors (Lipinski definition) is 0. The molecule has 0 bridgehead atoms. The fraction of sp³-hybridized carbons (Fsp3) is 0.429. The monoisotopic (exact) mass is 244 g/mol. The summed E-state index contributed by atoms with van der Waals surface area (Å²) in [5.74, 6) is 0.948. The molecule has 0 unspecified atom stereocenters. The molecule has 0 spiro atoms. The van der Waals surface area contributed by atoms with Crippen LogP contribution in [0.5, 0.6) is 5.75 Å². The highest BCUT2D eigenvalue weighted by atomic mass is 16.5. The molecule has 0 atom stereocenters. The van der Waals surface area contributed by atoms with Crippen molar-refractivity contribution >= 4 is 11.3 Å². The van der Waals surface area contributed by atoms with Gasteiger partial charge in [-0.2, -0.15) is 5.10 Å². The first-order valence-corrected chi connectivity index (χ1v) is 6.45. The van der Waals surface area contributed by atoms with Crippen LogP contribution in [0.4, 0.5) is 0 Å². The highest BCUT2D eigenvalue weighted by Gasteiger charge is 2.19. The molecule has 4 heteroatoms. The molecule has 0 saturated heterocycles. The molecule has 0 aliphatic heterocycles. The zero-order chi connectivity index (χ0) is 12.5. The maximum absolute atomic E-state index is 11.7. The van der Waals surface area contributed by atoms with E-state index < -0.39 is 0 Å². The normalized spacial score (nSPS) is 15.6. The summed E-state index contributed by atoms with van der Waals surface area (Å²) in [4.78, 5) is 11.7. The van der Waals surface area contributed by atoms with Crippen molar-refractivity contribution in [2.45, 2.75) is 38.7 Å². The molecule has 4 nitrogen and oxygen atoms in total. The van der Waals surface area contributed by atoms with Crippen LogP contribution in [0.1, 0.15) is 43.0 Å². The van der Waals surface area contributed by atoms with Crippen LogP contribution in [0.3, 0.4) is 0 Å². The molecule has 3 rings (SSSR count). The van der Waals surface area contributed by atoms with Gasteiger partial charge in [0.25, 0.3) is 0 Å². The molecule has 0 aromatic carbocycles. The van der Waals surface area contributed by atoms with Gasteiger partial charge in [-0.05, 0) is 31.4 Å². The Balaban J connectivity index is 1.90. The summed E-state index contributed by atoms with van der Waals surface area (Å²) >= 11 is 0. The molecule has 0 radical (unpaired) electrons. The van der Waals surface area contributed by atoms with Crippen LogP contribution >= 0.6 is 0 Å². The van der Waals surface area contributed by atoms with Crippen molar-refractivity contribution in [2.24, 2.45) is 0 Å². The average molecular weight is 244 g/mol. The van der Waals surface area contributed by atoms with Gasteiger partial charge < -0.3 is 4.74 Å². The Kier molecular flexibility index (Phi) is 2.78. The van der Waals surface area contributed by atoms with Crippen LogP contribution in [-0.2, 0) is 0 Å². The third-order valence-electron chi connectivity index (χ3n) is 3.47. The van der Waals surface area contributed by atoms with Gasteiger partial charge in [0, 0.05) is 6.42 Å². The van der Waals surface area contributed by atoms with Crippen molar-refractivity contribution in [2.75, 3.05) is 0 Å². The summed E-state index contributed by atoms with van der Waals surface area (Å²) in [7, 11) is 0. The third-order valence-corrected chi connectivity index (χ3v) is 3.47. The number of carbonyl (C=O) groups excluding carboxylic acids is 1. The fourth-order valence-electron chi connectivity index (χ4n) is 2.12. The third kappa shape index (κ3) is 1.88. The number of nitrogens with zero attached hydrogens (tertiary/aromatic N) is 2. The van der Waals surface area contributed by atoms with E-state index >= 15 is 0 Å². The molecule has 2 aromatic rings. The first kappa shape index (κ1) is 11.3. The lowest BCUT2D eigenvalue weighted by molar-refractivity contribution is 0.0989. The lowest BCUT2D eigenvalue weighted by Gasteiger charge is -2.26. The molecule has 1 aliphatic carbocycles. The number of fused-ring (bicyclic) bond motifs is 1. The summed E-state index contributed by atoms with van der Waals surface area (Å²) in [6, 6.07) is 3.83. The number of carbonyl (C=O) groups is 1. The Morgan fingerprint density at radius 1 is 1.50 bits per heavy atom. The SMILES string of the molecule is CCC(=O)c1cnn2cc(OC3CCC3)ccc12. The van der Waals surface area contributed by atoms with E-state index in [0.717, 1.165) is 24.1 Å². The Morgan fingerprint density at radius 3 is 3.00 bits per heavy atom. The molecule has 1 fully saturated rings. The molecule has 0 N–H and O–H groups in total. The van der Waals surface area contributed by atoms with E-state index in [4.69, 9.17) is 4.74 Å². The van der Waals surface area contributed by atoms with E-state index in [1.54, 1.807) is 10.7 Å². The summed E-state index contributed by atoms with van der Waals surface area (Å²) in [6.07, 6.45) is 7.86. The van der Waals surface area contributed by atoms with Crippen LogP contribution in [0.15, 0.2) is 24.5 Å². The van der Waals surface area contributed by atoms with E-state index in [1.165, 1.54) is 6.42 Å². The van der Waals surface area contributed by atoms with Crippen LogP contribution in [0.2, 0.25) is 0 Å². The van der Waals surface area contributed by atoms with Crippen molar-refractivity contribution in [3.05, 3.63) is 30.1 Å². The second kappa shape index (κ2) is 4.44. The minimum absolute atomic E-state index is 0.123. The molecule has 2 aromatic heterocycles. The molecular weight excluding hydrogens is 228 g/mol. The molecular formula is C14H16N2O2. The Morgan fingerprint density at radius 2 is 2.33 bits per heavy atom. The summed E-state index contributed by atoms with van der Waals surface area (Å²) in [5, 5.41) is 4.22. The van der Waals surface area contributed by atoms with E-state index in [-0.39, 0.29) is 5.78 Å². The van der Waals surface area contributed by atoms with Gasteiger partial charge in [0.1, 0.15) is 5.75 Å². The van der Waals surface area contributed by atoms with Gasteiger partial charge in [0.05, 0.1) is 29.6 Å². The Labute approximate surface area is 106 Å². The van der Waals surface area contributed by atoms with E-state index in [9.17, 15) is 4.79 Å². The number of rotatable bonds is 4. The van der Waals surface area contributed by atoms with Gasteiger partial charge in [0.2, 0.25) is 0 Å². The number of aromatic nitrogens is 2. The molecule has 2 heterocycles. The van der Waals surface area contributed by atoms with Gasteiger partial charge in [-0.3, -0.25) is 4.79 Å². The van der Waals surface area contributed by atoms with Crippen molar-refractivity contribution in [1.82, 2.24) is 9.61 Å². The molecule has 1 aliphatic rings. The second-order valence-electron chi connectivity index (χ2n) is 4.70. The zero-order valence-electron chi connectivity index (χ0n) is 10.4. The maximum Gasteiger partial charge on any atom is 0.166 e. The number of hydrogen-bond acceptors (Lipinski definition) is 3. The van der Waals surface area contributed by atoms with Crippen LogP contribution in [0, 0.1) is 0 Å². The lowest BCUT2D eigenvalue weighted by atomic mass is 9.96. The van der Waals surface area contributed by atoms with Gasteiger partial charge in [-0.15, -0.1) is 0 Å². The topological polar surface area (TPSA) is 43.6 Å². The predicted octanol–water partition coefficient (Wildman–Crippen LogP) is 2.86. The molecule has 1 saturated carbocycles. The minimum atomic E-state index is 0.123. The van der Waals surface area contributed by atoms with Gasteiger partial charge in [-0.25, -0.2) is 4.52 Å². The van der Waals surface area contributed by atoms with Crippen molar-refractivity contribution in [3.8, 4) is 5.75 Å². The summed E-state index contributed by atoms with van der Waals surface area (Å²) in [5.41, 5.74) is 1.54. The summed E-state index contributed by atoms with van der Waals surface area (Å²) in [6.45, 7) is 1.86. The number of pyridine rings is 1. The Hall–Kier alpha value is -1.84. The second-order valence-corrected chi connectivity index (χ2v) is 4.70. The number of ether oxygens (including phenoxy) is 1. The zero-order valence-corrected chi connectivity index (χ0v) is 10.4. The largest absolute Gasteiger partial charge is 0.489 e. The highest BCUT2D eigenvalue weighted by Crippen LogP contribution is 2.25. The lowest BCUT2D eigenvalue weighted by Crippen LogP contribution is -2.24.